The molecule has 0 aliphatic carbocycles. The van der Waals surface area contributed by atoms with Crippen LogP contribution in [0, 0.1) is 0 Å². The summed E-state index contributed by atoms with van der Waals surface area (Å²) in [5.74, 6) is 0. The quantitative estimate of drug-likeness (QED) is 0.794. The molecule has 26 heavy (non-hydrogen) atoms. The van der Waals surface area contributed by atoms with E-state index in [-0.39, 0.29) is 0 Å². The van der Waals surface area contributed by atoms with Gasteiger partial charge in [-0.15, -0.1) is 0 Å². The highest BCUT2D eigenvalue weighted by Crippen LogP contribution is 2.46. The van der Waals surface area contributed by atoms with Crippen molar-refractivity contribution in [1.82, 2.24) is 4.31 Å². The summed E-state index contributed by atoms with van der Waals surface area (Å²) in [6.07, 6.45) is -1.80. The average molecular weight is 375 g/mol. The van der Waals surface area contributed by atoms with E-state index in [1.807, 2.05) is 12.1 Å². The molecule has 0 spiro atoms. The molecule has 2 aromatic rings. The molecule has 0 N–H and O–H groups in total. The second-order valence-electron chi connectivity index (χ2n) is 7.02. The highest BCUT2D eigenvalue weighted by atomic mass is 32.2. The Morgan fingerprint density at radius 3 is 1.96 bits per heavy atom. The van der Waals surface area contributed by atoms with Gasteiger partial charge in [-0.25, -0.2) is 8.98 Å². The Hall–Kier alpha value is -2.38. The van der Waals surface area contributed by atoms with E-state index in [4.69, 9.17) is 8.92 Å². The van der Waals surface area contributed by atoms with Crippen molar-refractivity contribution in [1.29, 1.82) is 0 Å². The molecule has 138 valence electrons. The molecule has 7 heteroatoms. The van der Waals surface area contributed by atoms with E-state index in [9.17, 15) is 13.2 Å². The van der Waals surface area contributed by atoms with E-state index in [0.717, 1.165) is 0 Å². The van der Waals surface area contributed by atoms with Crippen LogP contribution in [-0.4, -0.2) is 24.4 Å². The summed E-state index contributed by atoms with van der Waals surface area (Å²) < 4.78 is 36.7. The minimum absolute atomic E-state index is 0.647. The standard InChI is InChI=1S/C19H21NO5S/c1-19(2,3)24-18(21)20-16(14-10-6-4-7-11-14)17(25-26(20,22)23)15-12-8-5-9-13-15/h4-13,16-17H,1-3H3/t16-,17-/m0/s1. The number of carbonyl (C=O) groups is 1. The molecule has 1 aliphatic heterocycles. The Kier molecular flexibility index (Phi) is 4.77. The summed E-state index contributed by atoms with van der Waals surface area (Å²) in [4.78, 5) is 12.7. The van der Waals surface area contributed by atoms with E-state index in [1.54, 1.807) is 69.3 Å². The van der Waals surface area contributed by atoms with Gasteiger partial charge in [0, 0.05) is 0 Å². The Bertz CT molecular complexity index is 875. The zero-order valence-electron chi connectivity index (χ0n) is 14.8. The first-order valence-electron chi connectivity index (χ1n) is 8.24. The summed E-state index contributed by atoms with van der Waals surface area (Å²) in [5.41, 5.74) is 0.475. The maximum Gasteiger partial charge on any atom is 0.426 e. The van der Waals surface area contributed by atoms with E-state index in [1.165, 1.54) is 0 Å². The fraction of sp³-hybridized carbons (Fsp3) is 0.316. The highest BCUT2D eigenvalue weighted by Gasteiger charge is 2.52. The van der Waals surface area contributed by atoms with Gasteiger partial charge in [0.2, 0.25) is 0 Å². The molecule has 0 aromatic heterocycles. The van der Waals surface area contributed by atoms with E-state index in [0.29, 0.717) is 15.4 Å². The van der Waals surface area contributed by atoms with E-state index >= 15 is 0 Å². The molecule has 0 radical (unpaired) electrons. The van der Waals surface area contributed by atoms with Gasteiger partial charge in [0.05, 0.1) is 0 Å². The third-order valence-corrected chi connectivity index (χ3v) is 5.16. The van der Waals surface area contributed by atoms with Gasteiger partial charge in [-0.3, -0.25) is 0 Å². The fourth-order valence-corrected chi connectivity index (χ4v) is 4.15. The van der Waals surface area contributed by atoms with Gasteiger partial charge >= 0.3 is 16.4 Å². The predicted molar refractivity (Wildman–Crippen MR) is 96.4 cm³/mol. The van der Waals surface area contributed by atoms with Crippen molar-refractivity contribution in [2.45, 2.75) is 38.5 Å². The van der Waals surface area contributed by atoms with Crippen molar-refractivity contribution in [3.63, 3.8) is 0 Å². The lowest BCUT2D eigenvalue weighted by molar-refractivity contribution is 0.0333. The highest BCUT2D eigenvalue weighted by molar-refractivity contribution is 7.85. The van der Waals surface area contributed by atoms with Crippen molar-refractivity contribution in [2.24, 2.45) is 0 Å². The zero-order valence-corrected chi connectivity index (χ0v) is 15.6. The molecule has 3 rings (SSSR count). The third-order valence-electron chi connectivity index (χ3n) is 3.85. The van der Waals surface area contributed by atoms with Crippen LogP contribution in [0.15, 0.2) is 60.7 Å². The maximum absolute atomic E-state index is 12.7. The van der Waals surface area contributed by atoms with Gasteiger partial charge < -0.3 is 4.74 Å². The number of nitrogens with zero attached hydrogens (tertiary/aromatic N) is 1. The molecule has 1 heterocycles. The Morgan fingerprint density at radius 2 is 1.46 bits per heavy atom. The summed E-state index contributed by atoms with van der Waals surface area (Å²) in [6, 6.07) is 17.0. The topological polar surface area (TPSA) is 72.9 Å². The van der Waals surface area contributed by atoms with Gasteiger partial charge in [-0.05, 0) is 31.9 Å². The lowest BCUT2D eigenvalue weighted by Gasteiger charge is -2.27. The smallest absolute Gasteiger partial charge is 0.426 e. The summed E-state index contributed by atoms with van der Waals surface area (Å²) in [6.45, 7) is 5.04. The zero-order chi connectivity index (χ0) is 18.9. The van der Waals surface area contributed by atoms with Crippen LogP contribution in [0.25, 0.3) is 0 Å². The van der Waals surface area contributed by atoms with Crippen LogP contribution < -0.4 is 0 Å². The van der Waals surface area contributed by atoms with E-state index < -0.39 is 34.1 Å². The Balaban J connectivity index is 2.10. The number of rotatable bonds is 2. The van der Waals surface area contributed by atoms with Crippen LogP contribution in [0.3, 0.4) is 0 Å². The average Bonchev–Trinajstić information content (AvgIpc) is 2.86. The molecular weight excluding hydrogens is 354 g/mol. The number of benzene rings is 2. The van der Waals surface area contributed by atoms with Crippen molar-refractivity contribution in [3.8, 4) is 0 Å². The minimum atomic E-state index is -4.29. The Labute approximate surface area is 153 Å². The molecule has 2 aromatic carbocycles. The number of amides is 1. The van der Waals surface area contributed by atoms with Gasteiger partial charge in [-0.1, -0.05) is 60.7 Å². The summed E-state index contributed by atoms with van der Waals surface area (Å²) in [5, 5.41) is 0. The molecule has 1 saturated heterocycles. The molecule has 1 aliphatic rings. The second kappa shape index (κ2) is 6.74. The summed E-state index contributed by atoms with van der Waals surface area (Å²) in [7, 11) is -4.29. The minimum Gasteiger partial charge on any atom is -0.443 e. The van der Waals surface area contributed by atoms with Gasteiger partial charge in [-0.2, -0.15) is 12.7 Å². The van der Waals surface area contributed by atoms with E-state index in [2.05, 4.69) is 0 Å². The number of ether oxygens (including phenoxy) is 1. The molecule has 0 saturated carbocycles. The first-order chi connectivity index (χ1) is 12.2. The van der Waals surface area contributed by atoms with Gasteiger partial charge in [0.25, 0.3) is 0 Å². The van der Waals surface area contributed by atoms with Crippen LogP contribution in [0.4, 0.5) is 4.79 Å². The molecule has 1 amide bonds. The lowest BCUT2D eigenvalue weighted by atomic mass is 9.96. The molecule has 0 bridgehead atoms. The first-order valence-corrected chi connectivity index (χ1v) is 9.61. The first kappa shape index (κ1) is 18.4. The maximum atomic E-state index is 12.7. The van der Waals surface area contributed by atoms with Crippen LogP contribution in [0.1, 0.15) is 44.0 Å². The molecule has 2 atom stereocenters. The Morgan fingerprint density at radius 1 is 0.962 bits per heavy atom. The van der Waals surface area contributed by atoms with Crippen molar-refractivity contribution >= 4 is 16.4 Å². The monoisotopic (exact) mass is 375 g/mol. The third kappa shape index (κ3) is 3.73. The normalized spacial score (nSPS) is 22.2. The molecule has 6 nitrogen and oxygen atoms in total. The van der Waals surface area contributed by atoms with Crippen molar-refractivity contribution < 1.29 is 22.1 Å². The SMILES string of the molecule is CC(C)(C)OC(=O)N1[C@@H](c2ccccc2)[C@H](c2ccccc2)OS1(=O)=O. The largest absolute Gasteiger partial charge is 0.443 e. The number of hydrogen-bond donors (Lipinski definition) is 0. The summed E-state index contributed by atoms with van der Waals surface area (Å²) >= 11 is 0. The number of hydrogen-bond acceptors (Lipinski definition) is 5. The second-order valence-corrected chi connectivity index (χ2v) is 8.46. The molecular formula is C19H21NO5S. The van der Waals surface area contributed by atoms with Crippen molar-refractivity contribution in [2.75, 3.05) is 0 Å². The molecule has 0 unspecified atom stereocenters. The van der Waals surface area contributed by atoms with Crippen molar-refractivity contribution in [3.05, 3.63) is 71.8 Å². The van der Waals surface area contributed by atoms with Gasteiger partial charge in [0.1, 0.15) is 17.7 Å². The van der Waals surface area contributed by atoms with Crippen LogP contribution in [-0.2, 0) is 19.2 Å². The number of carbonyl (C=O) groups excluding carboxylic acids is 1. The lowest BCUT2D eigenvalue weighted by Crippen LogP contribution is -2.39. The molecule has 1 fully saturated rings. The van der Waals surface area contributed by atoms with Gasteiger partial charge in [0.15, 0.2) is 0 Å². The van der Waals surface area contributed by atoms with Crippen LogP contribution >= 0.6 is 0 Å². The van der Waals surface area contributed by atoms with Crippen LogP contribution in [0.5, 0.6) is 0 Å². The predicted octanol–water partition coefficient (Wildman–Crippen LogP) is 3.98. The van der Waals surface area contributed by atoms with Crippen LogP contribution in [0.2, 0.25) is 0 Å². The fourth-order valence-electron chi connectivity index (χ4n) is 2.84.